The normalized spacial score (nSPS) is 10.5. The average Bonchev–Trinajstić information content (AvgIpc) is 2.86. The molecule has 0 aliphatic rings. The summed E-state index contributed by atoms with van der Waals surface area (Å²) in [6, 6.07) is 5.81. The van der Waals surface area contributed by atoms with Gasteiger partial charge in [0.25, 0.3) is 5.91 Å². The summed E-state index contributed by atoms with van der Waals surface area (Å²) in [5.41, 5.74) is 7.07. The first kappa shape index (κ1) is 14.1. The van der Waals surface area contributed by atoms with Crippen LogP contribution < -0.4 is 10.5 Å². The Morgan fingerprint density at radius 1 is 1.45 bits per heavy atom. The largest absolute Gasteiger partial charge is 0.484 e. The highest BCUT2D eigenvalue weighted by Crippen LogP contribution is 2.22. The van der Waals surface area contributed by atoms with Crippen LogP contribution in [0.2, 0.25) is 0 Å². The molecule has 20 heavy (non-hydrogen) atoms. The fourth-order valence-corrected chi connectivity index (χ4v) is 2.07. The molecule has 2 N–H and O–H groups in total. The zero-order chi connectivity index (χ0) is 14.5. The average molecular weight is 273 g/mol. The maximum atomic E-state index is 10.7. The third-order valence-corrected chi connectivity index (χ3v) is 3.00. The summed E-state index contributed by atoms with van der Waals surface area (Å²) in [6.07, 6.45) is 5.74. The quantitative estimate of drug-likeness (QED) is 0.875. The number of benzene rings is 1. The molecule has 0 spiro atoms. The molecule has 0 aliphatic carbocycles. The summed E-state index contributed by atoms with van der Waals surface area (Å²) in [4.78, 5) is 15.1. The number of rotatable bonds is 6. The van der Waals surface area contributed by atoms with E-state index in [4.69, 9.17) is 10.5 Å². The van der Waals surface area contributed by atoms with E-state index in [-0.39, 0.29) is 6.61 Å². The van der Waals surface area contributed by atoms with Crippen LogP contribution in [0.1, 0.15) is 24.7 Å². The molecule has 0 aliphatic heterocycles. The van der Waals surface area contributed by atoms with Crippen molar-refractivity contribution in [3.63, 3.8) is 0 Å². The highest BCUT2D eigenvalue weighted by atomic mass is 16.5. The Labute approximate surface area is 118 Å². The summed E-state index contributed by atoms with van der Waals surface area (Å²) in [5, 5.41) is 0. The second kappa shape index (κ2) is 6.23. The molecule has 0 saturated carbocycles. The lowest BCUT2D eigenvalue weighted by Gasteiger charge is -2.11. The molecule has 5 nitrogen and oxygen atoms in total. The molecule has 0 unspecified atom stereocenters. The van der Waals surface area contributed by atoms with Crippen LogP contribution in [0.25, 0.3) is 5.69 Å². The molecule has 1 amide bonds. The van der Waals surface area contributed by atoms with Gasteiger partial charge in [0.05, 0.1) is 0 Å². The fourth-order valence-electron chi connectivity index (χ4n) is 2.07. The van der Waals surface area contributed by atoms with Crippen molar-refractivity contribution in [3.8, 4) is 11.4 Å². The van der Waals surface area contributed by atoms with Crippen molar-refractivity contribution < 1.29 is 9.53 Å². The van der Waals surface area contributed by atoms with E-state index in [1.807, 2.05) is 31.3 Å². The molecule has 0 atom stereocenters. The van der Waals surface area contributed by atoms with E-state index in [0.717, 1.165) is 29.9 Å². The number of nitrogens with zero attached hydrogens (tertiary/aromatic N) is 2. The Bertz CT molecular complexity index is 605. The number of aryl methyl sites for hydroxylation is 2. The van der Waals surface area contributed by atoms with Gasteiger partial charge in [0.15, 0.2) is 6.61 Å². The van der Waals surface area contributed by atoms with Gasteiger partial charge in [-0.15, -0.1) is 0 Å². The molecular formula is C15H19N3O2. The Balaban J connectivity index is 2.24. The maximum absolute atomic E-state index is 10.7. The van der Waals surface area contributed by atoms with Gasteiger partial charge < -0.3 is 15.0 Å². The van der Waals surface area contributed by atoms with Crippen molar-refractivity contribution in [2.45, 2.75) is 26.7 Å². The summed E-state index contributed by atoms with van der Waals surface area (Å²) >= 11 is 0. The van der Waals surface area contributed by atoms with Crippen LogP contribution in [0.5, 0.6) is 5.75 Å². The first-order valence-corrected chi connectivity index (χ1v) is 6.66. The van der Waals surface area contributed by atoms with Crippen LogP contribution in [0.4, 0.5) is 0 Å². The number of imidazole rings is 1. The Kier molecular flexibility index (Phi) is 4.40. The van der Waals surface area contributed by atoms with E-state index in [9.17, 15) is 4.79 Å². The highest BCUT2D eigenvalue weighted by Gasteiger charge is 2.07. The monoisotopic (exact) mass is 273 g/mol. The van der Waals surface area contributed by atoms with E-state index >= 15 is 0 Å². The van der Waals surface area contributed by atoms with Crippen molar-refractivity contribution >= 4 is 5.91 Å². The molecule has 106 valence electrons. The van der Waals surface area contributed by atoms with Gasteiger partial charge in [0.2, 0.25) is 0 Å². The summed E-state index contributed by atoms with van der Waals surface area (Å²) in [5.74, 6) is 1.23. The first-order chi connectivity index (χ1) is 9.61. The van der Waals surface area contributed by atoms with Gasteiger partial charge in [0.1, 0.15) is 11.6 Å². The van der Waals surface area contributed by atoms with Crippen LogP contribution in [-0.4, -0.2) is 22.1 Å². The van der Waals surface area contributed by atoms with E-state index in [1.54, 1.807) is 6.20 Å². The minimum Gasteiger partial charge on any atom is -0.484 e. The lowest BCUT2D eigenvalue weighted by Crippen LogP contribution is -2.20. The number of hydrogen-bond donors (Lipinski definition) is 1. The van der Waals surface area contributed by atoms with Crippen molar-refractivity contribution in [1.82, 2.24) is 9.55 Å². The Hall–Kier alpha value is -2.30. The standard InChI is InChI=1S/C15H19N3O2/c1-3-4-15-17-7-8-18(15)12-5-6-13(11(2)9-12)20-10-14(16)19/h5-9H,3-4,10H2,1-2H3,(H2,16,19). The lowest BCUT2D eigenvalue weighted by atomic mass is 10.2. The van der Waals surface area contributed by atoms with Gasteiger partial charge >= 0.3 is 0 Å². The zero-order valence-electron chi connectivity index (χ0n) is 11.8. The number of primary amides is 1. The molecular weight excluding hydrogens is 254 g/mol. The van der Waals surface area contributed by atoms with Crippen molar-refractivity contribution in [2.75, 3.05) is 6.61 Å². The number of hydrogen-bond acceptors (Lipinski definition) is 3. The predicted molar refractivity (Wildman–Crippen MR) is 77.0 cm³/mol. The topological polar surface area (TPSA) is 70.1 Å². The van der Waals surface area contributed by atoms with Gasteiger partial charge in [-0.3, -0.25) is 4.79 Å². The van der Waals surface area contributed by atoms with Gasteiger partial charge in [0, 0.05) is 24.5 Å². The zero-order valence-corrected chi connectivity index (χ0v) is 11.8. The molecule has 2 aromatic rings. The molecule has 0 bridgehead atoms. The van der Waals surface area contributed by atoms with Gasteiger partial charge in [-0.05, 0) is 37.1 Å². The summed E-state index contributed by atoms with van der Waals surface area (Å²) < 4.78 is 7.41. The molecule has 0 radical (unpaired) electrons. The van der Waals surface area contributed by atoms with Crippen LogP contribution in [0.3, 0.4) is 0 Å². The van der Waals surface area contributed by atoms with Gasteiger partial charge in [-0.2, -0.15) is 0 Å². The molecule has 0 saturated heterocycles. The minimum absolute atomic E-state index is 0.105. The predicted octanol–water partition coefficient (Wildman–Crippen LogP) is 2.00. The van der Waals surface area contributed by atoms with Crippen LogP contribution in [0.15, 0.2) is 30.6 Å². The SMILES string of the molecule is CCCc1nccn1-c1ccc(OCC(N)=O)c(C)c1. The van der Waals surface area contributed by atoms with Gasteiger partial charge in [-0.1, -0.05) is 6.92 Å². The lowest BCUT2D eigenvalue weighted by molar-refractivity contribution is -0.119. The first-order valence-electron chi connectivity index (χ1n) is 6.66. The minimum atomic E-state index is -0.478. The second-order valence-electron chi connectivity index (χ2n) is 4.67. The van der Waals surface area contributed by atoms with Crippen LogP contribution >= 0.6 is 0 Å². The fraction of sp³-hybridized carbons (Fsp3) is 0.333. The molecule has 1 aromatic carbocycles. The van der Waals surface area contributed by atoms with E-state index in [2.05, 4.69) is 16.5 Å². The number of amides is 1. The Morgan fingerprint density at radius 2 is 2.25 bits per heavy atom. The van der Waals surface area contributed by atoms with Crippen molar-refractivity contribution in [3.05, 3.63) is 42.0 Å². The third-order valence-electron chi connectivity index (χ3n) is 3.00. The smallest absolute Gasteiger partial charge is 0.255 e. The number of aromatic nitrogens is 2. The number of ether oxygens (including phenoxy) is 1. The third kappa shape index (κ3) is 3.17. The Morgan fingerprint density at radius 3 is 2.90 bits per heavy atom. The van der Waals surface area contributed by atoms with E-state index < -0.39 is 5.91 Å². The van der Waals surface area contributed by atoms with E-state index in [1.165, 1.54) is 0 Å². The highest BCUT2D eigenvalue weighted by molar-refractivity contribution is 5.75. The van der Waals surface area contributed by atoms with E-state index in [0.29, 0.717) is 5.75 Å². The summed E-state index contributed by atoms with van der Waals surface area (Å²) in [6.45, 7) is 3.97. The van der Waals surface area contributed by atoms with Crippen molar-refractivity contribution in [2.24, 2.45) is 5.73 Å². The maximum Gasteiger partial charge on any atom is 0.255 e. The molecule has 2 rings (SSSR count). The van der Waals surface area contributed by atoms with Crippen molar-refractivity contribution in [1.29, 1.82) is 0 Å². The molecule has 5 heteroatoms. The molecule has 0 fully saturated rings. The van der Waals surface area contributed by atoms with Crippen LogP contribution in [0, 0.1) is 6.92 Å². The molecule has 1 aromatic heterocycles. The second-order valence-corrected chi connectivity index (χ2v) is 4.67. The number of carbonyl (C=O) groups excluding carboxylic acids is 1. The number of nitrogens with two attached hydrogens (primary N) is 1. The summed E-state index contributed by atoms with van der Waals surface area (Å²) in [7, 11) is 0. The van der Waals surface area contributed by atoms with Gasteiger partial charge in [-0.25, -0.2) is 4.98 Å². The molecule has 1 heterocycles. The van der Waals surface area contributed by atoms with Crippen LogP contribution in [-0.2, 0) is 11.2 Å². The number of carbonyl (C=O) groups is 1.